The lowest BCUT2D eigenvalue weighted by atomic mass is 10.1. The Morgan fingerprint density at radius 1 is 1.43 bits per heavy atom. The molecule has 0 saturated carbocycles. The van der Waals surface area contributed by atoms with Gasteiger partial charge < -0.3 is 20.6 Å². The first-order chi connectivity index (χ1) is 6.59. The highest BCUT2D eigenvalue weighted by atomic mass is 16.4. The quantitative estimate of drug-likeness (QED) is 0.490. The van der Waals surface area contributed by atoms with Crippen molar-refractivity contribution in [1.29, 1.82) is 0 Å². The maximum Gasteiger partial charge on any atom is 0.326 e. The predicted octanol–water partition coefficient (Wildman–Crippen LogP) is 0.519. The zero-order valence-corrected chi connectivity index (χ0v) is 7.19. The maximum absolute atomic E-state index is 10.7. The first-order valence-corrected chi connectivity index (χ1v) is 4.12. The number of phenols is 2. The molecule has 1 aliphatic heterocycles. The number of benzene rings is 1. The topological polar surface area (TPSA) is 89.8 Å². The molecule has 0 amide bonds. The number of phenolic OH excluding ortho intramolecular Hbond substituents is 2. The van der Waals surface area contributed by atoms with E-state index in [-0.39, 0.29) is 11.5 Å². The third-order valence-corrected chi connectivity index (χ3v) is 2.28. The molecule has 0 aliphatic carbocycles. The molecule has 4 N–H and O–H groups in total. The van der Waals surface area contributed by atoms with Crippen molar-refractivity contribution < 1.29 is 20.1 Å². The molecule has 5 heteroatoms. The summed E-state index contributed by atoms with van der Waals surface area (Å²) in [6.45, 7) is 0. The Bertz CT molecular complexity index is 402. The van der Waals surface area contributed by atoms with Crippen molar-refractivity contribution >= 4 is 11.7 Å². The molecule has 1 aromatic rings. The lowest BCUT2D eigenvalue weighted by molar-refractivity contribution is -0.137. The zero-order valence-electron chi connectivity index (χ0n) is 7.19. The Balaban J connectivity index is 2.40. The third kappa shape index (κ3) is 1.14. The van der Waals surface area contributed by atoms with E-state index in [4.69, 9.17) is 5.11 Å². The molecule has 1 unspecified atom stereocenters. The van der Waals surface area contributed by atoms with Gasteiger partial charge in [-0.2, -0.15) is 0 Å². The number of carboxylic acid groups (broad SMARTS) is 1. The first kappa shape index (κ1) is 8.68. The second-order valence-corrected chi connectivity index (χ2v) is 3.21. The molecule has 0 radical (unpaired) electrons. The van der Waals surface area contributed by atoms with Gasteiger partial charge in [0.15, 0.2) is 11.5 Å². The van der Waals surface area contributed by atoms with Crippen LogP contribution in [0.1, 0.15) is 5.56 Å². The fraction of sp³-hybridized carbons (Fsp3) is 0.222. The smallest absolute Gasteiger partial charge is 0.326 e. The fourth-order valence-electron chi connectivity index (χ4n) is 1.55. The predicted molar refractivity (Wildman–Crippen MR) is 48.5 cm³/mol. The summed E-state index contributed by atoms with van der Waals surface area (Å²) in [7, 11) is 0. The minimum Gasteiger partial charge on any atom is -0.504 e. The van der Waals surface area contributed by atoms with Gasteiger partial charge in [-0.15, -0.1) is 0 Å². The number of nitrogens with one attached hydrogen (secondary N) is 1. The number of aromatic hydroxyl groups is 2. The van der Waals surface area contributed by atoms with Crippen LogP contribution in [-0.2, 0) is 11.2 Å². The molecule has 0 saturated heterocycles. The van der Waals surface area contributed by atoms with Crippen molar-refractivity contribution in [3.63, 3.8) is 0 Å². The van der Waals surface area contributed by atoms with Gasteiger partial charge in [-0.3, -0.25) is 0 Å². The van der Waals surface area contributed by atoms with Crippen LogP contribution in [0.5, 0.6) is 11.5 Å². The molecule has 1 atom stereocenters. The monoisotopic (exact) mass is 195 g/mol. The van der Waals surface area contributed by atoms with Gasteiger partial charge in [-0.1, -0.05) is 6.07 Å². The standard InChI is InChI=1S/C9H9NO4/c11-6-2-1-4-3-5(9(13)14)10-7(4)8(6)12/h1-2,5,10-12H,3H2,(H,13,14). The average molecular weight is 195 g/mol. The van der Waals surface area contributed by atoms with Crippen molar-refractivity contribution in [3.8, 4) is 11.5 Å². The summed E-state index contributed by atoms with van der Waals surface area (Å²) in [5.74, 6) is -1.51. The van der Waals surface area contributed by atoms with Crippen LogP contribution in [0.2, 0.25) is 0 Å². The van der Waals surface area contributed by atoms with E-state index in [2.05, 4.69) is 5.32 Å². The second-order valence-electron chi connectivity index (χ2n) is 3.21. The van der Waals surface area contributed by atoms with Gasteiger partial charge in [0.05, 0.1) is 5.69 Å². The highest BCUT2D eigenvalue weighted by molar-refractivity contribution is 5.83. The van der Waals surface area contributed by atoms with Crippen molar-refractivity contribution in [2.24, 2.45) is 0 Å². The summed E-state index contributed by atoms with van der Waals surface area (Å²) in [6.07, 6.45) is 0.318. The molecule has 0 bridgehead atoms. The van der Waals surface area contributed by atoms with Crippen LogP contribution >= 0.6 is 0 Å². The van der Waals surface area contributed by atoms with Gasteiger partial charge in [0.1, 0.15) is 6.04 Å². The van der Waals surface area contributed by atoms with Crippen molar-refractivity contribution in [3.05, 3.63) is 17.7 Å². The molecular weight excluding hydrogens is 186 g/mol. The summed E-state index contributed by atoms with van der Waals surface area (Å²) in [5, 5.41) is 30.0. The number of anilines is 1. The van der Waals surface area contributed by atoms with Crippen LogP contribution in [0, 0.1) is 0 Å². The molecular formula is C9H9NO4. The van der Waals surface area contributed by atoms with E-state index in [9.17, 15) is 15.0 Å². The molecule has 1 aromatic carbocycles. The summed E-state index contributed by atoms with van der Waals surface area (Å²) >= 11 is 0. The minimum absolute atomic E-state index is 0.248. The SMILES string of the molecule is O=C(O)C1Cc2ccc(O)c(O)c2N1. The molecule has 2 rings (SSSR count). The van der Waals surface area contributed by atoms with E-state index in [1.54, 1.807) is 6.07 Å². The van der Waals surface area contributed by atoms with Gasteiger partial charge in [-0.05, 0) is 11.6 Å². The molecule has 1 heterocycles. The normalized spacial score (nSPS) is 18.7. The second kappa shape index (κ2) is 2.80. The maximum atomic E-state index is 10.7. The molecule has 1 aliphatic rings. The van der Waals surface area contributed by atoms with Crippen LogP contribution in [0.3, 0.4) is 0 Å². The Morgan fingerprint density at radius 2 is 2.14 bits per heavy atom. The van der Waals surface area contributed by atoms with E-state index >= 15 is 0 Å². The lowest BCUT2D eigenvalue weighted by Gasteiger charge is -2.06. The van der Waals surface area contributed by atoms with Crippen molar-refractivity contribution in [2.75, 3.05) is 5.32 Å². The summed E-state index contributed by atoms with van der Waals surface area (Å²) < 4.78 is 0. The molecule has 14 heavy (non-hydrogen) atoms. The van der Waals surface area contributed by atoms with Crippen LogP contribution in [0.25, 0.3) is 0 Å². The van der Waals surface area contributed by atoms with E-state index in [1.807, 2.05) is 0 Å². The van der Waals surface area contributed by atoms with E-state index in [0.29, 0.717) is 17.7 Å². The number of fused-ring (bicyclic) bond motifs is 1. The molecule has 0 fully saturated rings. The Kier molecular flexibility index (Phi) is 1.73. The van der Waals surface area contributed by atoms with Gasteiger partial charge in [-0.25, -0.2) is 4.79 Å². The highest BCUT2D eigenvalue weighted by Crippen LogP contribution is 2.40. The summed E-state index contributed by atoms with van der Waals surface area (Å²) in [6, 6.07) is 2.22. The van der Waals surface area contributed by atoms with E-state index in [0.717, 1.165) is 0 Å². The van der Waals surface area contributed by atoms with Crippen molar-refractivity contribution in [1.82, 2.24) is 0 Å². The van der Waals surface area contributed by atoms with Crippen LogP contribution in [0.15, 0.2) is 12.1 Å². The number of rotatable bonds is 1. The Hall–Kier alpha value is -1.91. The fourth-order valence-corrected chi connectivity index (χ4v) is 1.55. The number of carbonyl (C=O) groups is 1. The number of hydrogen-bond acceptors (Lipinski definition) is 4. The Morgan fingerprint density at radius 3 is 2.79 bits per heavy atom. The minimum atomic E-state index is -0.972. The summed E-state index contributed by atoms with van der Waals surface area (Å²) in [4.78, 5) is 10.7. The molecule has 5 nitrogen and oxygen atoms in total. The molecule has 0 aromatic heterocycles. The average Bonchev–Trinajstić information content (AvgIpc) is 2.56. The number of hydrogen-bond donors (Lipinski definition) is 4. The van der Waals surface area contributed by atoms with Gasteiger partial charge in [0, 0.05) is 6.42 Å². The van der Waals surface area contributed by atoms with Crippen molar-refractivity contribution in [2.45, 2.75) is 12.5 Å². The van der Waals surface area contributed by atoms with Gasteiger partial charge in [0.25, 0.3) is 0 Å². The lowest BCUT2D eigenvalue weighted by Crippen LogP contribution is -2.26. The zero-order chi connectivity index (χ0) is 10.3. The Labute approximate surface area is 79.6 Å². The van der Waals surface area contributed by atoms with E-state index < -0.39 is 12.0 Å². The highest BCUT2D eigenvalue weighted by Gasteiger charge is 2.29. The number of carboxylic acids is 1. The number of aliphatic carboxylic acids is 1. The van der Waals surface area contributed by atoms with Gasteiger partial charge in [0.2, 0.25) is 0 Å². The van der Waals surface area contributed by atoms with Crippen LogP contribution < -0.4 is 5.32 Å². The van der Waals surface area contributed by atoms with Crippen LogP contribution in [-0.4, -0.2) is 27.3 Å². The molecule has 74 valence electrons. The van der Waals surface area contributed by atoms with E-state index in [1.165, 1.54) is 6.07 Å². The van der Waals surface area contributed by atoms with Gasteiger partial charge >= 0.3 is 5.97 Å². The largest absolute Gasteiger partial charge is 0.504 e. The third-order valence-electron chi connectivity index (χ3n) is 2.28. The molecule has 0 spiro atoms. The van der Waals surface area contributed by atoms with Crippen LogP contribution in [0.4, 0.5) is 5.69 Å². The first-order valence-electron chi connectivity index (χ1n) is 4.12. The summed E-state index contributed by atoms with van der Waals surface area (Å²) in [5.41, 5.74) is 1.02.